The molecular formula is C21H24N2O. The number of amides is 1. The normalized spacial score (nSPS) is 11.0. The van der Waals surface area contributed by atoms with Gasteiger partial charge in [-0.15, -0.1) is 0 Å². The molecule has 3 heteroatoms. The molecule has 2 aromatic carbocycles. The first-order valence-corrected chi connectivity index (χ1v) is 8.54. The number of nitrogens with one attached hydrogen (secondary N) is 1. The Morgan fingerprint density at radius 1 is 1.08 bits per heavy atom. The molecule has 0 spiro atoms. The molecule has 1 N–H and O–H groups in total. The van der Waals surface area contributed by atoms with E-state index in [4.69, 9.17) is 0 Å². The van der Waals surface area contributed by atoms with Gasteiger partial charge in [-0.1, -0.05) is 25.1 Å². The lowest BCUT2D eigenvalue weighted by atomic mass is 10.1. The smallest absolute Gasteiger partial charge is 0.272 e. The summed E-state index contributed by atoms with van der Waals surface area (Å²) in [5.74, 6) is -0.0470. The molecule has 0 aliphatic rings. The van der Waals surface area contributed by atoms with Crippen LogP contribution in [-0.2, 0) is 13.0 Å². The number of fused-ring (bicyclic) bond motifs is 1. The van der Waals surface area contributed by atoms with Crippen LogP contribution < -0.4 is 5.32 Å². The van der Waals surface area contributed by atoms with Gasteiger partial charge in [0.25, 0.3) is 5.91 Å². The SMILES string of the molecule is CCc1ccc2c(c1)c(C)c(C(=O)Nc1cccc(C)c1)n2CC. The first-order valence-electron chi connectivity index (χ1n) is 8.54. The molecule has 0 saturated heterocycles. The molecule has 0 fully saturated rings. The summed E-state index contributed by atoms with van der Waals surface area (Å²) in [6.45, 7) is 9.07. The fourth-order valence-electron chi connectivity index (χ4n) is 3.32. The number of nitrogens with zero attached hydrogens (tertiary/aromatic N) is 1. The van der Waals surface area contributed by atoms with Gasteiger partial charge in [-0.3, -0.25) is 4.79 Å². The number of carbonyl (C=O) groups excluding carboxylic acids is 1. The summed E-state index contributed by atoms with van der Waals surface area (Å²) in [5, 5.41) is 4.22. The minimum atomic E-state index is -0.0470. The number of aromatic nitrogens is 1. The Labute approximate surface area is 143 Å². The van der Waals surface area contributed by atoms with Crippen LogP contribution in [0.5, 0.6) is 0 Å². The van der Waals surface area contributed by atoms with Crippen LogP contribution >= 0.6 is 0 Å². The number of rotatable bonds is 4. The van der Waals surface area contributed by atoms with Gasteiger partial charge < -0.3 is 9.88 Å². The predicted octanol–water partition coefficient (Wildman–Crippen LogP) is 5.09. The van der Waals surface area contributed by atoms with Crippen LogP contribution in [0.4, 0.5) is 5.69 Å². The van der Waals surface area contributed by atoms with E-state index in [0.717, 1.165) is 41.0 Å². The highest BCUT2D eigenvalue weighted by Gasteiger charge is 2.19. The van der Waals surface area contributed by atoms with E-state index in [0.29, 0.717) is 0 Å². The van der Waals surface area contributed by atoms with Gasteiger partial charge in [0.05, 0.1) is 0 Å². The Balaban J connectivity index is 2.07. The second-order valence-electron chi connectivity index (χ2n) is 6.25. The summed E-state index contributed by atoms with van der Waals surface area (Å²) >= 11 is 0. The van der Waals surface area contributed by atoms with Gasteiger partial charge in [0, 0.05) is 23.1 Å². The van der Waals surface area contributed by atoms with Crippen molar-refractivity contribution in [1.29, 1.82) is 0 Å². The number of anilines is 1. The van der Waals surface area contributed by atoms with Crippen molar-refractivity contribution in [3.05, 3.63) is 64.8 Å². The first kappa shape index (κ1) is 16.3. The van der Waals surface area contributed by atoms with E-state index in [1.165, 1.54) is 10.9 Å². The molecule has 0 saturated carbocycles. The van der Waals surface area contributed by atoms with Crippen molar-refractivity contribution in [2.45, 2.75) is 40.7 Å². The summed E-state index contributed by atoms with van der Waals surface area (Å²) in [5.41, 5.74) is 6.19. The molecular weight excluding hydrogens is 296 g/mol. The van der Waals surface area contributed by atoms with Crippen LogP contribution in [0.1, 0.15) is 41.0 Å². The lowest BCUT2D eigenvalue weighted by Crippen LogP contribution is -2.17. The van der Waals surface area contributed by atoms with Gasteiger partial charge in [0.1, 0.15) is 5.69 Å². The molecule has 0 radical (unpaired) electrons. The van der Waals surface area contributed by atoms with Crippen molar-refractivity contribution in [2.75, 3.05) is 5.32 Å². The Morgan fingerprint density at radius 3 is 2.54 bits per heavy atom. The van der Waals surface area contributed by atoms with Crippen molar-refractivity contribution in [1.82, 2.24) is 4.57 Å². The maximum atomic E-state index is 12.9. The molecule has 0 bridgehead atoms. The minimum absolute atomic E-state index is 0.0470. The van der Waals surface area contributed by atoms with E-state index >= 15 is 0 Å². The summed E-state index contributed by atoms with van der Waals surface area (Å²) in [7, 11) is 0. The first-order chi connectivity index (χ1) is 11.5. The fraction of sp³-hybridized carbons (Fsp3) is 0.286. The summed E-state index contributed by atoms with van der Waals surface area (Å²) in [6.07, 6.45) is 0.998. The molecule has 0 aliphatic carbocycles. The molecule has 1 aromatic heterocycles. The zero-order valence-electron chi connectivity index (χ0n) is 14.8. The second-order valence-corrected chi connectivity index (χ2v) is 6.25. The molecule has 0 unspecified atom stereocenters. The molecule has 24 heavy (non-hydrogen) atoms. The molecule has 3 aromatic rings. The van der Waals surface area contributed by atoms with E-state index < -0.39 is 0 Å². The lowest BCUT2D eigenvalue weighted by Gasteiger charge is -2.10. The maximum Gasteiger partial charge on any atom is 0.272 e. The average Bonchev–Trinajstić information content (AvgIpc) is 2.86. The molecule has 0 atom stereocenters. The number of benzene rings is 2. The Kier molecular flexibility index (Phi) is 4.43. The van der Waals surface area contributed by atoms with Crippen LogP contribution in [0, 0.1) is 13.8 Å². The largest absolute Gasteiger partial charge is 0.337 e. The third-order valence-corrected chi connectivity index (χ3v) is 4.60. The fourth-order valence-corrected chi connectivity index (χ4v) is 3.32. The third kappa shape index (κ3) is 2.82. The van der Waals surface area contributed by atoms with Crippen molar-refractivity contribution >= 4 is 22.5 Å². The monoisotopic (exact) mass is 320 g/mol. The number of aryl methyl sites for hydroxylation is 4. The van der Waals surface area contributed by atoms with Gasteiger partial charge in [0.15, 0.2) is 0 Å². The van der Waals surface area contributed by atoms with Crippen molar-refractivity contribution in [3.8, 4) is 0 Å². The Bertz CT molecular complexity index is 906. The van der Waals surface area contributed by atoms with Crippen molar-refractivity contribution in [3.63, 3.8) is 0 Å². The number of hydrogen-bond donors (Lipinski definition) is 1. The van der Waals surface area contributed by atoms with Gasteiger partial charge in [0.2, 0.25) is 0 Å². The van der Waals surface area contributed by atoms with Gasteiger partial charge >= 0.3 is 0 Å². The highest BCUT2D eigenvalue weighted by Crippen LogP contribution is 2.28. The summed E-state index contributed by atoms with van der Waals surface area (Å²) in [4.78, 5) is 12.9. The van der Waals surface area contributed by atoms with E-state index in [2.05, 4.69) is 41.9 Å². The standard InChI is InChI=1S/C21H24N2O/c1-5-16-10-11-19-18(13-16)15(4)20(23(19)6-2)21(24)22-17-9-7-8-14(3)12-17/h7-13H,5-6H2,1-4H3,(H,22,24). The molecule has 3 nitrogen and oxygen atoms in total. The van der Waals surface area contributed by atoms with Crippen molar-refractivity contribution in [2.24, 2.45) is 0 Å². The molecule has 0 aliphatic heterocycles. The molecule has 3 rings (SSSR count). The molecule has 1 amide bonds. The lowest BCUT2D eigenvalue weighted by molar-refractivity contribution is 0.101. The van der Waals surface area contributed by atoms with Gasteiger partial charge in [-0.05, 0) is 68.1 Å². The van der Waals surface area contributed by atoms with Crippen LogP contribution in [-0.4, -0.2) is 10.5 Å². The van der Waals surface area contributed by atoms with Gasteiger partial charge in [-0.2, -0.15) is 0 Å². The zero-order chi connectivity index (χ0) is 17.3. The van der Waals surface area contributed by atoms with Crippen LogP contribution in [0.3, 0.4) is 0 Å². The topological polar surface area (TPSA) is 34.0 Å². The molecule has 124 valence electrons. The maximum absolute atomic E-state index is 12.9. The highest BCUT2D eigenvalue weighted by atomic mass is 16.2. The number of carbonyl (C=O) groups is 1. The Hall–Kier alpha value is -2.55. The third-order valence-electron chi connectivity index (χ3n) is 4.60. The predicted molar refractivity (Wildman–Crippen MR) is 101 cm³/mol. The van der Waals surface area contributed by atoms with Crippen molar-refractivity contribution < 1.29 is 4.79 Å². The average molecular weight is 320 g/mol. The van der Waals surface area contributed by atoms with E-state index in [9.17, 15) is 4.79 Å². The zero-order valence-corrected chi connectivity index (χ0v) is 14.8. The summed E-state index contributed by atoms with van der Waals surface area (Å²) < 4.78 is 2.11. The van der Waals surface area contributed by atoms with E-state index in [-0.39, 0.29) is 5.91 Å². The summed E-state index contributed by atoms with van der Waals surface area (Å²) in [6, 6.07) is 14.4. The van der Waals surface area contributed by atoms with Crippen LogP contribution in [0.25, 0.3) is 10.9 Å². The van der Waals surface area contributed by atoms with E-state index in [1.807, 2.05) is 38.1 Å². The van der Waals surface area contributed by atoms with Gasteiger partial charge in [-0.25, -0.2) is 0 Å². The van der Waals surface area contributed by atoms with E-state index in [1.54, 1.807) is 0 Å². The molecule has 1 heterocycles. The number of hydrogen-bond acceptors (Lipinski definition) is 1. The highest BCUT2D eigenvalue weighted by molar-refractivity contribution is 6.08. The van der Waals surface area contributed by atoms with Crippen LogP contribution in [0.15, 0.2) is 42.5 Å². The van der Waals surface area contributed by atoms with Crippen LogP contribution in [0.2, 0.25) is 0 Å². The second kappa shape index (κ2) is 6.52. The Morgan fingerprint density at radius 2 is 1.88 bits per heavy atom. The minimum Gasteiger partial charge on any atom is -0.337 e. The quantitative estimate of drug-likeness (QED) is 0.713.